The number of hydrogen-bond donors (Lipinski definition) is 3. The number of nitrogens with one attached hydrogen (secondary N) is 2. The van der Waals surface area contributed by atoms with E-state index in [1.54, 1.807) is 20.8 Å². The summed E-state index contributed by atoms with van der Waals surface area (Å²) in [5.74, 6) is -2.79. The van der Waals surface area contributed by atoms with Crippen LogP contribution in [0.2, 0.25) is 0 Å². The first kappa shape index (κ1) is 25.4. The third-order valence-electron chi connectivity index (χ3n) is 4.22. The highest BCUT2D eigenvalue weighted by atomic mass is 32.2. The first-order valence-corrected chi connectivity index (χ1v) is 10.9. The van der Waals surface area contributed by atoms with E-state index in [1.807, 2.05) is 4.72 Å². The van der Waals surface area contributed by atoms with Gasteiger partial charge < -0.3 is 15.2 Å². The van der Waals surface area contributed by atoms with Crippen LogP contribution in [0.5, 0.6) is 5.75 Å². The Hall–Kier alpha value is -2.86. The Kier molecular flexibility index (Phi) is 7.73. The fourth-order valence-electron chi connectivity index (χ4n) is 2.61. The molecule has 12 heteroatoms. The van der Waals surface area contributed by atoms with E-state index < -0.39 is 50.2 Å². The topological polar surface area (TPSA) is 105 Å². The summed E-state index contributed by atoms with van der Waals surface area (Å²) in [6.45, 7) is 4.89. The van der Waals surface area contributed by atoms with Crippen molar-refractivity contribution in [1.29, 1.82) is 0 Å². The second-order valence-electron chi connectivity index (χ2n) is 7.07. The van der Waals surface area contributed by atoms with Crippen molar-refractivity contribution in [2.75, 3.05) is 16.6 Å². The zero-order valence-corrected chi connectivity index (χ0v) is 18.1. The maximum absolute atomic E-state index is 13.5. The van der Waals surface area contributed by atoms with Crippen LogP contribution in [-0.2, 0) is 21.0 Å². The van der Waals surface area contributed by atoms with Gasteiger partial charge in [-0.3, -0.25) is 9.52 Å². The molecule has 0 aliphatic rings. The molecule has 0 fully saturated rings. The normalized spacial score (nSPS) is 13.0. The maximum atomic E-state index is 13.5. The lowest BCUT2D eigenvalue weighted by Crippen LogP contribution is -2.31. The highest BCUT2D eigenvalue weighted by molar-refractivity contribution is 7.92. The number of sulfonamides is 1. The summed E-state index contributed by atoms with van der Waals surface area (Å²) in [5, 5.41) is 12.2. The number of alkyl halides is 3. The fourth-order valence-corrected chi connectivity index (χ4v) is 3.79. The molecule has 1 atom stereocenters. The molecule has 0 saturated heterocycles. The molecule has 3 N–H and O–H groups in total. The monoisotopic (exact) mass is 478 g/mol. The van der Waals surface area contributed by atoms with Crippen molar-refractivity contribution in [3.63, 3.8) is 0 Å². The van der Waals surface area contributed by atoms with Crippen LogP contribution in [0, 0.1) is 11.7 Å². The van der Waals surface area contributed by atoms with Crippen molar-refractivity contribution in [2.24, 2.45) is 5.92 Å². The minimum atomic E-state index is -5.01. The lowest BCUT2D eigenvalue weighted by atomic mass is 10.1. The van der Waals surface area contributed by atoms with E-state index in [0.717, 1.165) is 12.1 Å². The second-order valence-corrected chi connectivity index (χ2v) is 8.72. The molecule has 0 heterocycles. The lowest BCUT2D eigenvalue weighted by Gasteiger charge is -2.17. The van der Waals surface area contributed by atoms with Crippen molar-refractivity contribution < 1.29 is 40.6 Å². The zero-order chi connectivity index (χ0) is 24.3. The fraction of sp³-hybridized carbons (Fsp3) is 0.350. The van der Waals surface area contributed by atoms with Gasteiger partial charge in [-0.05, 0) is 43.2 Å². The van der Waals surface area contributed by atoms with Crippen molar-refractivity contribution in [3.8, 4) is 5.75 Å². The number of amides is 1. The van der Waals surface area contributed by atoms with E-state index in [0.29, 0.717) is 12.1 Å². The molecule has 0 aromatic heterocycles. The Morgan fingerprint density at radius 1 is 1.12 bits per heavy atom. The molecule has 1 amide bonds. The van der Waals surface area contributed by atoms with Gasteiger partial charge in [0.25, 0.3) is 15.9 Å². The molecule has 2 rings (SSSR count). The molecule has 0 radical (unpaired) electrons. The molecule has 176 valence electrons. The molecule has 0 spiro atoms. The third kappa shape index (κ3) is 6.10. The number of benzene rings is 2. The van der Waals surface area contributed by atoms with Gasteiger partial charge in [0.2, 0.25) is 0 Å². The number of ether oxygens (including phenoxy) is 1. The first-order valence-electron chi connectivity index (χ1n) is 9.41. The number of carbonyl (C=O) groups excluding carboxylic acids is 1. The molecule has 7 nitrogen and oxygen atoms in total. The highest BCUT2D eigenvalue weighted by Gasteiger charge is 2.34. The number of anilines is 2. The Morgan fingerprint density at radius 2 is 1.75 bits per heavy atom. The minimum absolute atomic E-state index is 0.0449. The van der Waals surface area contributed by atoms with Crippen molar-refractivity contribution in [1.82, 2.24) is 0 Å². The van der Waals surface area contributed by atoms with Crippen LogP contribution >= 0.6 is 0 Å². The first-order chi connectivity index (χ1) is 14.8. The quantitative estimate of drug-likeness (QED) is 0.498. The smallest absolute Gasteiger partial charge is 0.419 e. The minimum Gasteiger partial charge on any atom is -0.492 e. The van der Waals surface area contributed by atoms with Gasteiger partial charge in [0, 0.05) is 17.4 Å². The molecule has 32 heavy (non-hydrogen) atoms. The molecule has 0 aliphatic heterocycles. The van der Waals surface area contributed by atoms with Crippen LogP contribution in [0.15, 0.2) is 41.3 Å². The van der Waals surface area contributed by atoms with Gasteiger partial charge in [0.15, 0.2) is 0 Å². The molecule has 2 aromatic rings. The largest absolute Gasteiger partial charge is 0.492 e. The molecular weight excluding hydrogens is 456 g/mol. The summed E-state index contributed by atoms with van der Waals surface area (Å²) >= 11 is 0. The van der Waals surface area contributed by atoms with E-state index in [1.165, 1.54) is 12.1 Å². The van der Waals surface area contributed by atoms with Gasteiger partial charge in [-0.2, -0.15) is 13.2 Å². The Morgan fingerprint density at radius 3 is 2.31 bits per heavy atom. The summed E-state index contributed by atoms with van der Waals surface area (Å²) in [6.07, 6.45) is -6.31. The highest BCUT2D eigenvalue weighted by Crippen LogP contribution is 2.34. The number of rotatable bonds is 8. The summed E-state index contributed by atoms with van der Waals surface area (Å²) < 4.78 is 85.1. The zero-order valence-electron chi connectivity index (χ0n) is 17.3. The van der Waals surface area contributed by atoms with Crippen LogP contribution in [0.1, 0.15) is 26.3 Å². The second kappa shape index (κ2) is 9.74. The summed E-state index contributed by atoms with van der Waals surface area (Å²) in [6, 6.07) is 5.21. The third-order valence-corrected chi connectivity index (χ3v) is 5.65. The predicted octanol–water partition coefficient (Wildman–Crippen LogP) is 4.00. The maximum Gasteiger partial charge on any atom is 0.419 e. The van der Waals surface area contributed by atoms with Gasteiger partial charge in [-0.25, -0.2) is 12.8 Å². The number of halogens is 4. The van der Waals surface area contributed by atoms with E-state index in [4.69, 9.17) is 4.74 Å². The van der Waals surface area contributed by atoms with Gasteiger partial charge in [0.1, 0.15) is 22.6 Å². The molecular formula is C20H22F4N2O5S. The van der Waals surface area contributed by atoms with Gasteiger partial charge in [-0.15, -0.1) is 0 Å². The van der Waals surface area contributed by atoms with Crippen LogP contribution in [0.25, 0.3) is 0 Å². The molecule has 0 bridgehead atoms. The molecule has 0 saturated carbocycles. The number of aliphatic hydroxyl groups excluding tert-OH is 1. The van der Waals surface area contributed by atoms with Gasteiger partial charge in [0.05, 0.1) is 12.2 Å². The Bertz CT molecular complexity index is 1090. The molecule has 0 aliphatic carbocycles. The van der Waals surface area contributed by atoms with Crippen molar-refractivity contribution in [3.05, 3.63) is 47.8 Å². The van der Waals surface area contributed by atoms with Crippen LogP contribution in [0.3, 0.4) is 0 Å². The average Bonchev–Trinajstić information content (AvgIpc) is 2.68. The summed E-state index contributed by atoms with van der Waals surface area (Å²) in [5.41, 5.74) is -1.98. The van der Waals surface area contributed by atoms with Crippen molar-refractivity contribution in [2.45, 2.75) is 37.9 Å². The number of hydrogen-bond acceptors (Lipinski definition) is 5. The standard InChI is InChI=1S/C20H22F4N2O5S/c1-4-31-16-10-12(25-19(28)18(27)11(2)3)6-8-17(16)32(29,30)26-13-5-7-15(21)14(9-13)20(22,23)24/h5-11,18,26-27H,4H2,1-3H3,(H,25,28)/t18-/m0/s1. The Balaban J connectivity index is 2.38. The summed E-state index contributed by atoms with van der Waals surface area (Å²) in [4.78, 5) is 11.6. The summed E-state index contributed by atoms with van der Waals surface area (Å²) in [7, 11) is -4.44. The van der Waals surface area contributed by atoms with E-state index >= 15 is 0 Å². The van der Waals surface area contributed by atoms with Crippen LogP contribution < -0.4 is 14.8 Å². The van der Waals surface area contributed by atoms with Crippen molar-refractivity contribution >= 4 is 27.3 Å². The SMILES string of the molecule is CCOc1cc(NC(=O)[C@@H](O)C(C)C)ccc1S(=O)(=O)Nc1ccc(F)c(C(F)(F)F)c1. The van der Waals surface area contributed by atoms with E-state index in [-0.39, 0.29) is 24.0 Å². The van der Waals surface area contributed by atoms with E-state index in [9.17, 15) is 35.9 Å². The number of carbonyl (C=O) groups is 1. The Labute approximate surface area is 182 Å². The lowest BCUT2D eigenvalue weighted by molar-refractivity contribution is -0.140. The average molecular weight is 478 g/mol. The van der Waals surface area contributed by atoms with Crippen LogP contribution in [0.4, 0.5) is 28.9 Å². The number of aliphatic hydroxyl groups is 1. The van der Waals surface area contributed by atoms with Gasteiger partial charge >= 0.3 is 6.18 Å². The van der Waals surface area contributed by atoms with Crippen LogP contribution in [-0.4, -0.2) is 32.1 Å². The molecule has 2 aromatic carbocycles. The predicted molar refractivity (Wildman–Crippen MR) is 109 cm³/mol. The molecule has 0 unspecified atom stereocenters. The van der Waals surface area contributed by atoms with E-state index in [2.05, 4.69) is 5.32 Å². The van der Waals surface area contributed by atoms with Gasteiger partial charge in [-0.1, -0.05) is 13.8 Å².